The first-order chi connectivity index (χ1) is 13.1. The number of guanidine groups is 1. The first-order valence-electron chi connectivity index (χ1n) is 10.4. The van der Waals surface area contributed by atoms with Crippen LogP contribution in [0.1, 0.15) is 42.4 Å². The van der Waals surface area contributed by atoms with Crippen LogP contribution in [0.15, 0.2) is 23.2 Å². The zero-order valence-electron chi connectivity index (χ0n) is 17.2. The van der Waals surface area contributed by atoms with E-state index in [0.717, 1.165) is 64.5 Å². The van der Waals surface area contributed by atoms with Crippen molar-refractivity contribution < 1.29 is 9.47 Å². The molecule has 5 nitrogen and oxygen atoms in total. The molecule has 2 aliphatic heterocycles. The molecule has 2 fully saturated rings. The third-order valence-electron chi connectivity index (χ3n) is 5.47. The van der Waals surface area contributed by atoms with Gasteiger partial charge in [0.25, 0.3) is 0 Å². The first kappa shape index (κ1) is 20.2. The van der Waals surface area contributed by atoms with E-state index in [2.05, 4.69) is 47.3 Å². The topological polar surface area (TPSA) is 46.1 Å². The van der Waals surface area contributed by atoms with E-state index in [1.165, 1.54) is 23.1 Å². The van der Waals surface area contributed by atoms with Crippen LogP contribution in [0.4, 0.5) is 0 Å². The molecule has 0 saturated carbocycles. The number of hydrogen-bond acceptors (Lipinski definition) is 3. The van der Waals surface area contributed by atoms with Crippen LogP contribution < -0.4 is 5.32 Å². The molecule has 0 aromatic heterocycles. The maximum absolute atomic E-state index is 6.08. The number of aryl methyl sites for hydroxylation is 2. The number of benzene rings is 1. The highest BCUT2D eigenvalue weighted by molar-refractivity contribution is 5.79. The molecule has 1 aromatic carbocycles. The van der Waals surface area contributed by atoms with Crippen LogP contribution in [0.2, 0.25) is 0 Å². The second-order valence-electron chi connectivity index (χ2n) is 7.87. The van der Waals surface area contributed by atoms with Gasteiger partial charge in [-0.25, -0.2) is 0 Å². The average molecular weight is 374 g/mol. The first-order valence-corrected chi connectivity index (χ1v) is 10.4. The van der Waals surface area contributed by atoms with Crippen molar-refractivity contribution >= 4 is 5.96 Å². The average Bonchev–Trinajstić information content (AvgIpc) is 3.17. The molecule has 27 heavy (non-hydrogen) atoms. The van der Waals surface area contributed by atoms with E-state index in [1.54, 1.807) is 0 Å². The second-order valence-corrected chi connectivity index (χ2v) is 7.87. The number of nitrogens with zero attached hydrogens (tertiary/aromatic N) is 2. The zero-order valence-corrected chi connectivity index (χ0v) is 17.2. The lowest BCUT2D eigenvalue weighted by atomic mass is 10.1. The number of ether oxygens (including phenoxy) is 2. The van der Waals surface area contributed by atoms with Gasteiger partial charge in [0, 0.05) is 33.3 Å². The summed E-state index contributed by atoms with van der Waals surface area (Å²) in [6.07, 6.45) is 6.14. The van der Waals surface area contributed by atoms with Crippen molar-refractivity contribution in [3.63, 3.8) is 0 Å². The van der Waals surface area contributed by atoms with E-state index in [0.29, 0.717) is 12.2 Å². The molecule has 1 N–H and O–H groups in total. The Labute approximate surface area is 164 Å². The molecule has 1 unspecified atom stereocenters. The smallest absolute Gasteiger partial charge is 0.193 e. The molecule has 3 rings (SSSR count). The van der Waals surface area contributed by atoms with Crippen LogP contribution in [-0.4, -0.2) is 63.0 Å². The summed E-state index contributed by atoms with van der Waals surface area (Å²) in [4.78, 5) is 6.84. The summed E-state index contributed by atoms with van der Waals surface area (Å²) >= 11 is 0. The van der Waals surface area contributed by atoms with Crippen molar-refractivity contribution in [2.45, 2.75) is 58.2 Å². The fraction of sp³-hybridized carbons (Fsp3) is 0.682. The van der Waals surface area contributed by atoms with E-state index in [4.69, 9.17) is 9.47 Å². The van der Waals surface area contributed by atoms with Gasteiger partial charge in [-0.2, -0.15) is 0 Å². The Balaban J connectivity index is 1.38. The Hall–Kier alpha value is -1.59. The van der Waals surface area contributed by atoms with E-state index < -0.39 is 0 Å². The molecule has 2 aliphatic rings. The van der Waals surface area contributed by atoms with Crippen LogP contribution in [0.5, 0.6) is 0 Å². The minimum Gasteiger partial charge on any atom is -0.376 e. The number of nitrogens with one attached hydrogen (secondary N) is 1. The molecule has 1 atom stereocenters. The summed E-state index contributed by atoms with van der Waals surface area (Å²) in [7, 11) is 1.87. The molecule has 0 spiro atoms. The second kappa shape index (κ2) is 10.1. The number of aliphatic imine (C=N–C) groups is 1. The molecule has 1 aromatic rings. The minimum absolute atomic E-state index is 0.322. The highest BCUT2D eigenvalue weighted by Crippen LogP contribution is 2.18. The maximum Gasteiger partial charge on any atom is 0.193 e. The molecule has 0 radical (unpaired) electrons. The maximum atomic E-state index is 6.08. The van der Waals surface area contributed by atoms with Crippen molar-refractivity contribution in [2.75, 3.05) is 39.9 Å². The summed E-state index contributed by atoms with van der Waals surface area (Å²) in [5.74, 6) is 1.01. The van der Waals surface area contributed by atoms with Gasteiger partial charge in [-0.3, -0.25) is 4.99 Å². The van der Waals surface area contributed by atoms with Crippen LogP contribution in [0.25, 0.3) is 0 Å². The lowest BCUT2D eigenvalue weighted by Gasteiger charge is -2.34. The SMILES string of the molecule is CN=C(NCCc1cc(C)cc(C)c1)N1CCC(OCC2CCCO2)CC1. The molecular formula is C22H35N3O2. The normalized spacial score (nSPS) is 21.7. The van der Waals surface area contributed by atoms with Crippen LogP contribution in [-0.2, 0) is 15.9 Å². The van der Waals surface area contributed by atoms with Gasteiger partial charge in [0.2, 0.25) is 0 Å². The van der Waals surface area contributed by atoms with Crippen molar-refractivity contribution in [2.24, 2.45) is 4.99 Å². The predicted molar refractivity (Wildman–Crippen MR) is 111 cm³/mol. The Bertz CT molecular complexity index is 598. The molecule has 150 valence electrons. The largest absolute Gasteiger partial charge is 0.376 e. The highest BCUT2D eigenvalue weighted by atomic mass is 16.5. The molecule has 2 heterocycles. The highest BCUT2D eigenvalue weighted by Gasteiger charge is 2.24. The third-order valence-corrected chi connectivity index (χ3v) is 5.47. The molecule has 0 bridgehead atoms. The Morgan fingerprint density at radius 1 is 1.19 bits per heavy atom. The van der Waals surface area contributed by atoms with Gasteiger partial charge < -0.3 is 19.7 Å². The molecular weight excluding hydrogens is 338 g/mol. The molecule has 0 amide bonds. The van der Waals surface area contributed by atoms with E-state index in [-0.39, 0.29) is 0 Å². The number of hydrogen-bond donors (Lipinski definition) is 1. The fourth-order valence-electron chi connectivity index (χ4n) is 4.12. The van der Waals surface area contributed by atoms with Gasteiger partial charge in [-0.15, -0.1) is 0 Å². The Morgan fingerprint density at radius 3 is 2.56 bits per heavy atom. The van der Waals surface area contributed by atoms with Gasteiger partial charge in [0.15, 0.2) is 5.96 Å². The van der Waals surface area contributed by atoms with Gasteiger partial charge in [-0.1, -0.05) is 29.3 Å². The zero-order chi connectivity index (χ0) is 19.1. The number of piperidine rings is 1. The Morgan fingerprint density at radius 2 is 1.93 bits per heavy atom. The minimum atomic E-state index is 0.322. The molecule has 5 heteroatoms. The van der Waals surface area contributed by atoms with Gasteiger partial charge in [0.1, 0.15) is 0 Å². The summed E-state index contributed by atoms with van der Waals surface area (Å²) in [5, 5.41) is 3.53. The molecule has 0 aliphatic carbocycles. The predicted octanol–water partition coefficient (Wildman–Crippen LogP) is 3.08. The Kier molecular flexibility index (Phi) is 7.53. The third kappa shape index (κ3) is 6.22. The quantitative estimate of drug-likeness (QED) is 0.615. The lowest BCUT2D eigenvalue weighted by Crippen LogP contribution is -2.47. The van der Waals surface area contributed by atoms with Gasteiger partial charge in [0.05, 0.1) is 18.8 Å². The summed E-state index contributed by atoms with van der Waals surface area (Å²) in [6.45, 7) is 8.88. The standard InChI is InChI=1S/C22H35N3O2/c1-17-13-18(2)15-19(14-17)6-9-24-22(23-3)25-10-7-20(8-11-25)27-16-21-5-4-12-26-21/h13-15,20-21H,4-12,16H2,1-3H3,(H,23,24). The number of likely N-dealkylation sites (tertiary alicyclic amines) is 1. The molecule has 2 saturated heterocycles. The fourth-order valence-corrected chi connectivity index (χ4v) is 4.12. The van der Waals surface area contributed by atoms with Crippen molar-refractivity contribution in [1.29, 1.82) is 0 Å². The van der Waals surface area contributed by atoms with E-state index in [9.17, 15) is 0 Å². The van der Waals surface area contributed by atoms with Crippen molar-refractivity contribution in [1.82, 2.24) is 10.2 Å². The number of rotatable bonds is 6. The monoisotopic (exact) mass is 373 g/mol. The summed E-state index contributed by atoms with van der Waals surface area (Å²) in [6, 6.07) is 6.77. The van der Waals surface area contributed by atoms with E-state index in [1.807, 2.05) is 7.05 Å². The van der Waals surface area contributed by atoms with Gasteiger partial charge >= 0.3 is 0 Å². The summed E-state index contributed by atoms with van der Waals surface area (Å²) < 4.78 is 11.7. The van der Waals surface area contributed by atoms with Crippen molar-refractivity contribution in [3.05, 3.63) is 34.9 Å². The summed E-state index contributed by atoms with van der Waals surface area (Å²) in [5.41, 5.74) is 4.05. The lowest BCUT2D eigenvalue weighted by molar-refractivity contribution is -0.0367. The van der Waals surface area contributed by atoms with Crippen LogP contribution >= 0.6 is 0 Å². The van der Waals surface area contributed by atoms with Crippen LogP contribution in [0.3, 0.4) is 0 Å². The van der Waals surface area contributed by atoms with E-state index >= 15 is 0 Å². The van der Waals surface area contributed by atoms with Crippen LogP contribution in [0, 0.1) is 13.8 Å². The van der Waals surface area contributed by atoms with Crippen molar-refractivity contribution in [3.8, 4) is 0 Å². The van der Waals surface area contributed by atoms with Gasteiger partial charge in [-0.05, 0) is 51.5 Å².